The molecule has 1 aliphatic heterocycles. The molecule has 2 rings (SSSR count). The van der Waals surface area contributed by atoms with Gasteiger partial charge in [-0.25, -0.2) is 0 Å². The van der Waals surface area contributed by atoms with E-state index in [-0.39, 0.29) is 11.8 Å². The molecule has 1 fully saturated rings. The molecule has 2 N–H and O–H groups in total. The molecule has 0 bridgehead atoms. The molecule has 1 heterocycles. The van der Waals surface area contributed by atoms with Crippen molar-refractivity contribution in [1.29, 1.82) is 0 Å². The van der Waals surface area contributed by atoms with Crippen molar-refractivity contribution in [2.75, 3.05) is 19.7 Å². The van der Waals surface area contributed by atoms with Gasteiger partial charge in [-0.1, -0.05) is 30.3 Å². The van der Waals surface area contributed by atoms with Gasteiger partial charge in [0, 0.05) is 26.1 Å². The third-order valence-corrected chi connectivity index (χ3v) is 4.08. The van der Waals surface area contributed by atoms with Crippen LogP contribution in [0, 0.1) is 5.92 Å². The summed E-state index contributed by atoms with van der Waals surface area (Å²) in [5, 5.41) is 0. The maximum Gasteiger partial charge on any atom is 0.256 e. The molecule has 1 aliphatic rings. The lowest BCUT2D eigenvalue weighted by molar-refractivity contribution is -0.145. The molecule has 0 saturated carbocycles. The van der Waals surface area contributed by atoms with Gasteiger partial charge >= 0.3 is 0 Å². The second kappa shape index (κ2) is 7.94. The third kappa shape index (κ3) is 4.31. The summed E-state index contributed by atoms with van der Waals surface area (Å²) in [5.74, 6) is 0.0376. The first kappa shape index (κ1) is 16.5. The number of hydrogen-bond donors (Lipinski definition) is 1. The fourth-order valence-electron chi connectivity index (χ4n) is 2.91. The first-order valence-electron chi connectivity index (χ1n) is 7.85. The number of primary amides is 1. The summed E-state index contributed by atoms with van der Waals surface area (Å²) >= 11 is 0. The van der Waals surface area contributed by atoms with Gasteiger partial charge in [-0.15, -0.1) is 0 Å². The molecular formula is C17H24N2O3. The average molecular weight is 304 g/mol. The van der Waals surface area contributed by atoms with Crippen LogP contribution in [0.25, 0.3) is 0 Å². The van der Waals surface area contributed by atoms with Crippen molar-refractivity contribution in [3.8, 4) is 0 Å². The van der Waals surface area contributed by atoms with E-state index in [9.17, 15) is 9.59 Å². The van der Waals surface area contributed by atoms with Gasteiger partial charge < -0.3 is 15.4 Å². The van der Waals surface area contributed by atoms with Crippen LogP contribution in [0.15, 0.2) is 30.3 Å². The van der Waals surface area contributed by atoms with Gasteiger partial charge in [0.15, 0.2) is 6.10 Å². The van der Waals surface area contributed by atoms with Gasteiger partial charge in [0.2, 0.25) is 5.91 Å². The summed E-state index contributed by atoms with van der Waals surface area (Å²) in [5.41, 5.74) is 6.13. The number of amides is 2. The normalized spacial score (nSPS) is 17.2. The van der Waals surface area contributed by atoms with Gasteiger partial charge in [0.25, 0.3) is 5.91 Å². The molecule has 22 heavy (non-hydrogen) atoms. The highest BCUT2D eigenvalue weighted by Crippen LogP contribution is 2.25. The van der Waals surface area contributed by atoms with Gasteiger partial charge in [-0.2, -0.15) is 0 Å². The predicted octanol–water partition coefficient (Wildman–Crippen LogP) is 1.88. The van der Waals surface area contributed by atoms with E-state index in [1.54, 1.807) is 0 Å². The number of rotatable bonds is 6. The van der Waals surface area contributed by atoms with Crippen molar-refractivity contribution in [1.82, 2.24) is 4.90 Å². The first-order chi connectivity index (χ1) is 10.6. The summed E-state index contributed by atoms with van der Waals surface area (Å²) < 4.78 is 5.67. The van der Waals surface area contributed by atoms with Gasteiger partial charge in [-0.3, -0.25) is 9.59 Å². The number of benzene rings is 1. The summed E-state index contributed by atoms with van der Waals surface area (Å²) in [4.78, 5) is 25.5. The monoisotopic (exact) mass is 304 g/mol. The van der Waals surface area contributed by atoms with Crippen LogP contribution in [-0.2, 0) is 14.3 Å². The Hall–Kier alpha value is -1.88. The highest BCUT2D eigenvalue weighted by atomic mass is 16.5. The molecule has 0 radical (unpaired) electrons. The molecule has 1 atom stereocenters. The molecule has 5 heteroatoms. The van der Waals surface area contributed by atoms with Crippen molar-refractivity contribution in [3.05, 3.63) is 35.9 Å². The van der Waals surface area contributed by atoms with E-state index in [2.05, 4.69) is 0 Å². The second-order valence-electron chi connectivity index (χ2n) is 5.69. The molecule has 1 aromatic carbocycles. The lowest BCUT2D eigenvalue weighted by atomic mass is 9.93. The van der Waals surface area contributed by atoms with Crippen molar-refractivity contribution >= 4 is 11.8 Å². The first-order valence-corrected chi connectivity index (χ1v) is 7.85. The smallest absolute Gasteiger partial charge is 0.256 e. The predicted molar refractivity (Wildman–Crippen MR) is 83.9 cm³/mol. The summed E-state index contributed by atoms with van der Waals surface area (Å²) in [6.07, 6.45) is 1.51. The molecule has 0 spiro atoms. The lowest BCUT2D eigenvalue weighted by Gasteiger charge is -2.33. The number of carbonyl (C=O) groups excluding carboxylic acids is 2. The van der Waals surface area contributed by atoms with Crippen LogP contribution in [0.1, 0.15) is 37.9 Å². The van der Waals surface area contributed by atoms with Crippen LogP contribution in [0.5, 0.6) is 0 Å². The molecule has 2 amide bonds. The van der Waals surface area contributed by atoms with Crippen molar-refractivity contribution < 1.29 is 14.3 Å². The summed E-state index contributed by atoms with van der Waals surface area (Å²) in [7, 11) is 0. The number of nitrogens with zero attached hydrogens (tertiary/aromatic N) is 1. The minimum atomic E-state index is -0.543. The third-order valence-electron chi connectivity index (χ3n) is 4.08. The van der Waals surface area contributed by atoms with Crippen molar-refractivity contribution in [2.45, 2.75) is 32.3 Å². The zero-order valence-electron chi connectivity index (χ0n) is 13.0. The van der Waals surface area contributed by atoms with Crippen molar-refractivity contribution in [2.24, 2.45) is 11.7 Å². The number of likely N-dealkylation sites (tertiary alicyclic amines) is 1. The van der Waals surface area contributed by atoms with E-state index in [0.29, 0.717) is 32.0 Å². The standard InChI is InChI=1S/C17H24N2O3/c1-2-22-16(14-6-4-3-5-7-14)17(21)19-10-8-13(9-11-19)12-15(18)20/h3-7,13,16H,2,8-12H2,1H3,(H2,18,20). The topological polar surface area (TPSA) is 72.6 Å². The fraction of sp³-hybridized carbons (Fsp3) is 0.529. The Bertz CT molecular complexity index is 496. The van der Waals surface area contributed by atoms with E-state index in [4.69, 9.17) is 10.5 Å². The number of carbonyl (C=O) groups is 2. The zero-order valence-corrected chi connectivity index (χ0v) is 13.0. The Morgan fingerprint density at radius 3 is 2.45 bits per heavy atom. The van der Waals surface area contributed by atoms with Crippen LogP contribution in [-0.4, -0.2) is 36.4 Å². The van der Waals surface area contributed by atoms with E-state index < -0.39 is 6.10 Å². The maximum atomic E-state index is 12.7. The highest BCUT2D eigenvalue weighted by Gasteiger charge is 2.30. The molecular weight excluding hydrogens is 280 g/mol. The largest absolute Gasteiger partial charge is 0.370 e. The average Bonchev–Trinajstić information content (AvgIpc) is 2.53. The van der Waals surface area contributed by atoms with Gasteiger partial charge in [-0.05, 0) is 31.2 Å². The molecule has 120 valence electrons. The number of hydrogen-bond acceptors (Lipinski definition) is 3. The van der Waals surface area contributed by atoms with Gasteiger partial charge in [0.05, 0.1) is 0 Å². The Morgan fingerprint density at radius 1 is 1.27 bits per heavy atom. The van der Waals surface area contributed by atoms with E-state index in [1.807, 2.05) is 42.2 Å². The van der Waals surface area contributed by atoms with Crippen LogP contribution < -0.4 is 5.73 Å². The Balaban J connectivity index is 1.99. The van der Waals surface area contributed by atoms with E-state index >= 15 is 0 Å². The summed E-state index contributed by atoms with van der Waals surface area (Å²) in [6, 6.07) is 9.57. The SMILES string of the molecule is CCOC(C(=O)N1CCC(CC(N)=O)CC1)c1ccccc1. The molecule has 1 unspecified atom stereocenters. The Kier molecular flexibility index (Phi) is 5.95. The minimum absolute atomic E-state index is 0.00516. The molecule has 0 aliphatic carbocycles. The van der Waals surface area contributed by atoms with E-state index in [1.165, 1.54) is 0 Å². The number of piperidine rings is 1. The number of nitrogens with two attached hydrogens (primary N) is 1. The Morgan fingerprint density at radius 2 is 1.91 bits per heavy atom. The van der Waals surface area contributed by atoms with E-state index in [0.717, 1.165) is 18.4 Å². The highest BCUT2D eigenvalue weighted by molar-refractivity contribution is 5.82. The zero-order chi connectivity index (χ0) is 15.9. The number of ether oxygens (including phenoxy) is 1. The minimum Gasteiger partial charge on any atom is -0.370 e. The molecule has 1 aromatic rings. The molecule has 1 saturated heterocycles. The van der Waals surface area contributed by atoms with Crippen LogP contribution in [0.3, 0.4) is 0 Å². The molecule has 0 aromatic heterocycles. The fourth-order valence-corrected chi connectivity index (χ4v) is 2.91. The van der Waals surface area contributed by atoms with Crippen LogP contribution >= 0.6 is 0 Å². The maximum absolute atomic E-state index is 12.7. The van der Waals surface area contributed by atoms with Crippen LogP contribution in [0.2, 0.25) is 0 Å². The van der Waals surface area contributed by atoms with Gasteiger partial charge in [0.1, 0.15) is 0 Å². The second-order valence-corrected chi connectivity index (χ2v) is 5.69. The Labute approximate surface area is 131 Å². The summed E-state index contributed by atoms with van der Waals surface area (Å²) in [6.45, 7) is 3.70. The molecule has 5 nitrogen and oxygen atoms in total. The quantitative estimate of drug-likeness (QED) is 0.872. The van der Waals surface area contributed by atoms with Crippen LogP contribution in [0.4, 0.5) is 0 Å². The van der Waals surface area contributed by atoms with Crippen molar-refractivity contribution in [3.63, 3.8) is 0 Å². The lowest BCUT2D eigenvalue weighted by Crippen LogP contribution is -2.42.